The van der Waals surface area contributed by atoms with E-state index in [1.54, 1.807) is 30.3 Å². The lowest BCUT2D eigenvalue weighted by atomic mass is 10.2. The maximum atomic E-state index is 12.9. The molecule has 186 valence electrons. The Morgan fingerprint density at radius 3 is 2.17 bits per heavy atom. The van der Waals surface area contributed by atoms with Crippen molar-refractivity contribution in [3.8, 4) is 17.2 Å². The predicted molar refractivity (Wildman–Crippen MR) is 130 cm³/mol. The third-order valence-corrected chi connectivity index (χ3v) is 4.82. The molecule has 0 atom stereocenters. The van der Waals surface area contributed by atoms with Crippen LogP contribution in [0.15, 0.2) is 64.3 Å². The first kappa shape index (κ1) is 25.5. The smallest absolute Gasteiger partial charge is 0.416 e. The Balaban J connectivity index is 2.13. The second-order valence-electron chi connectivity index (χ2n) is 7.41. The molecule has 12 nitrogen and oxygen atoms in total. The number of nitrogen functional groups attached to an aromatic ring is 1. The fourth-order valence-corrected chi connectivity index (χ4v) is 3.26. The molecule has 1 amide bonds. The topological polar surface area (TPSA) is 163 Å². The number of aromatic nitrogens is 2. The van der Waals surface area contributed by atoms with Gasteiger partial charge in [-0.05, 0) is 35.9 Å². The van der Waals surface area contributed by atoms with E-state index in [-0.39, 0.29) is 17.3 Å². The number of amides is 1. The van der Waals surface area contributed by atoms with Crippen LogP contribution in [0.25, 0.3) is 11.8 Å². The second kappa shape index (κ2) is 10.4. The average Bonchev–Trinajstić information content (AvgIpc) is 2.81. The van der Waals surface area contributed by atoms with Crippen LogP contribution < -0.4 is 31.4 Å². The Morgan fingerprint density at radius 2 is 1.58 bits per heavy atom. The fraction of sp³-hybridized carbons (Fsp3) is 0.125. The zero-order valence-corrected chi connectivity index (χ0v) is 19.5. The van der Waals surface area contributed by atoms with Gasteiger partial charge in [0, 0.05) is 27.1 Å². The molecular formula is C24H22N4O8. The molecule has 0 aliphatic heterocycles. The number of anilines is 2. The zero-order valence-electron chi connectivity index (χ0n) is 19.5. The van der Waals surface area contributed by atoms with Gasteiger partial charge in [-0.2, -0.15) is 0 Å². The van der Waals surface area contributed by atoms with Crippen molar-refractivity contribution in [2.24, 2.45) is 7.05 Å². The highest BCUT2D eigenvalue weighted by atomic mass is 16.6. The summed E-state index contributed by atoms with van der Waals surface area (Å²) in [6.45, 7) is 2.34. The number of hydrogen-bond donors (Lipinski definition) is 2. The largest absolute Gasteiger partial charge is 0.464 e. The van der Waals surface area contributed by atoms with Gasteiger partial charge in [0.1, 0.15) is 5.82 Å². The molecule has 0 aliphatic rings. The first-order chi connectivity index (χ1) is 17.0. The summed E-state index contributed by atoms with van der Waals surface area (Å²) in [4.78, 5) is 61.1. The van der Waals surface area contributed by atoms with Crippen molar-refractivity contribution in [3.63, 3.8) is 0 Å². The maximum Gasteiger partial charge on any atom is 0.416 e. The van der Waals surface area contributed by atoms with Gasteiger partial charge in [-0.15, -0.1) is 0 Å². The Bertz CT molecular complexity index is 1490. The quantitative estimate of drug-likeness (QED) is 0.386. The SMILES string of the molecule is CC(=O)Oc1ccc(C=CN(C(=O)O)c2c(N)n(-c3ccccc3)c(=O)n(C)c2=O)cc1OC(C)=O. The number of carbonyl (C=O) groups is 3. The molecule has 1 aromatic heterocycles. The van der Waals surface area contributed by atoms with Crippen molar-refractivity contribution in [3.05, 3.63) is 81.1 Å². The van der Waals surface area contributed by atoms with E-state index in [1.165, 1.54) is 38.2 Å². The number of nitrogens with zero attached hydrogens (tertiary/aromatic N) is 3. The summed E-state index contributed by atoms with van der Waals surface area (Å²) in [6.07, 6.45) is 0.799. The van der Waals surface area contributed by atoms with E-state index in [0.717, 1.165) is 22.3 Å². The molecular weight excluding hydrogens is 472 g/mol. The van der Waals surface area contributed by atoms with Crippen molar-refractivity contribution in [2.45, 2.75) is 13.8 Å². The molecule has 36 heavy (non-hydrogen) atoms. The molecule has 0 unspecified atom stereocenters. The average molecular weight is 494 g/mol. The summed E-state index contributed by atoms with van der Waals surface area (Å²) in [5.41, 5.74) is 4.65. The molecule has 0 saturated carbocycles. The molecule has 0 bridgehead atoms. The summed E-state index contributed by atoms with van der Waals surface area (Å²) in [5.74, 6) is -1.78. The molecule has 0 fully saturated rings. The molecule has 0 aliphatic carbocycles. The number of carboxylic acid groups (broad SMARTS) is 1. The van der Waals surface area contributed by atoms with Crippen LogP contribution in [-0.4, -0.2) is 32.3 Å². The first-order valence-electron chi connectivity index (χ1n) is 10.4. The van der Waals surface area contributed by atoms with Crippen LogP contribution in [-0.2, 0) is 16.6 Å². The van der Waals surface area contributed by atoms with Gasteiger partial charge in [-0.1, -0.05) is 24.3 Å². The summed E-state index contributed by atoms with van der Waals surface area (Å²) in [5, 5.41) is 9.85. The van der Waals surface area contributed by atoms with Crippen LogP contribution in [0, 0.1) is 0 Å². The summed E-state index contributed by atoms with van der Waals surface area (Å²) >= 11 is 0. The van der Waals surface area contributed by atoms with E-state index in [2.05, 4.69) is 0 Å². The number of rotatable bonds is 6. The number of hydrogen-bond acceptors (Lipinski definition) is 8. The minimum Gasteiger partial charge on any atom is -0.464 e. The molecule has 12 heteroatoms. The van der Waals surface area contributed by atoms with E-state index in [9.17, 15) is 29.1 Å². The molecule has 1 heterocycles. The van der Waals surface area contributed by atoms with Gasteiger partial charge in [0.25, 0.3) is 5.56 Å². The molecule has 0 radical (unpaired) electrons. The second-order valence-corrected chi connectivity index (χ2v) is 7.41. The van der Waals surface area contributed by atoms with Crippen molar-refractivity contribution in [1.29, 1.82) is 0 Å². The third-order valence-electron chi connectivity index (χ3n) is 4.82. The van der Waals surface area contributed by atoms with E-state index >= 15 is 0 Å². The molecule has 2 aromatic carbocycles. The van der Waals surface area contributed by atoms with Crippen molar-refractivity contribution >= 4 is 35.6 Å². The van der Waals surface area contributed by atoms with E-state index in [4.69, 9.17) is 15.2 Å². The normalized spacial score (nSPS) is 10.8. The zero-order chi connectivity index (χ0) is 26.6. The van der Waals surface area contributed by atoms with Crippen LogP contribution in [0.2, 0.25) is 0 Å². The lowest BCUT2D eigenvalue weighted by molar-refractivity contribution is -0.134. The lowest BCUT2D eigenvalue weighted by Gasteiger charge is -2.20. The monoisotopic (exact) mass is 494 g/mol. The van der Waals surface area contributed by atoms with Gasteiger partial charge < -0.3 is 20.3 Å². The number of para-hydroxylation sites is 1. The Kier molecular flexibility index (Phi) is 7.38. The van der Waals surface area contributed by atoms with Crippen LogP contribution in [0.5, 0.6) is 11.5 Å². The number of carbonyl (C=O) groups excluding carboxylic acids is 2. The predicted octanol–water partition coefficient (Wildman–Crippen LogP) is 2.12. The summed E-state index contributed by atoms with van der Waals surface area (Å²) in [7, 11) is 1.20. The number of ether oxygens (including phenoxy) is 2. The Morgan fingerprint density at radius 1 is 0.972 bits per heavy atom. The van der Waals surface area contributed by atoms with Crippen LogP contribution >= 0.6 is 0 Å². The Hall–Kier alpha value is -5.13. The number of esters is 2. The van der Waals surface area contributed by atoms with E-state index in [1.807, 2.05) is 0 Å². The van der Waals surface area contributed by atoms with Crippen LogP contribution in [0.4, 0.5) is 16.3 Å². The minimum absolute atomic E-state index is 0.0157. The molecule has 0 saturated heterocycles. The van der Waals surface area contributed by atoms with E-state index in [0.29, 0.717) is 16.2 Å². The fourth-order valence-electron chi connectivity index (χ4n) is 3.26. The first-order valence-corrected chi connectivity index (χ1v) is 10.4. The minimum atomic E-state index is -1.55. The standard InChI is InChI=1S/C24H22N4O8/c1-14(29)35-18-10-9-16(13-19(18)36-15(2)30)11-12-27(24(33)34)20-21(25)28(17-7-5-4-6-8-17)23(32)26(3)22(20)31/h4-13H,25H2,1-3H3,(H,33,34). The maximum absolute atomic E-state index is 12.9. The Labute approximate surface area is 204 Å². The number of nitrogens with two attached hydrogens (primary N) is 1. The van der Waals surface area contributed by atoms with E-state index < -0.39 is 35.0 Å². The van der Waals surface area contributed by atoms with Crippen LogP contribution in [0.1, 0.15) is 19.4 Å². The summed E-state index contributed by atoms with van der Waals surface area (Å²) in [6, 6.07) is 12.3. The van der Waals surface area contributed by atoms with Gasteiger partial charge in [-0.25, -0.2) is 19.1 Å². The molecule has 3 aromatic rings. The summed E-state index contributed by atoms with van der Waals surface area (Å²) < 4.78 is 11.8. The highest BCUT2D eigenvalue weighted by Crippen LogP contribution is 2.30. The van der Waals surface area contributed by atoms with Gasteiger partial charge in [0.05, 0.1) is 5.69 Å². The van der Waals surface area contributed by atoms with Crippen molar-refractivity contribution < 1.29 is 29.0 Å². The highest BCUT2D eigenvalue weighted by Gasteiger charge is 2.24. The van der Waals surface area contributed by atoms with Gasteiger partial charge in [0.15, 0.2) is 17.2 Å². The molecule has 3 rings (SSSR count). The van der Waals surface area contributed by atoms with Gasteiger partial charge >= 0.3 is 23.7 Å². The van der Waals surface area contributed by atoms with Gasteiger partial charge in [-0.3, -0.25) is 19.0 Å². The van der Waals surface area contributed by atoms with Crippen molar-refractivity contribution in [1.82, 2.24) is 9.13 Å². The molecule has 0 spiro atoms. The lowest BCUT2D eigenvalue weighted by Crippen LogP contribution is -2.43. The molecule has 3 N–H and O–H groups in total. The van der Waals surface area contributed by atoms with Gasteiger partial charge in [0.2, 0.25) is 0 Å². The van der Waals surface area contributed by atoms with Crippen LogP contribution in [0.3, 0.4) is 0 Å². The number of benzene rings is 2. The van der Waals surface area contributed by atoms with Crippen molar-refractivity contribution in [2.75, 3.05) is 10.6 Å². The highest BCUT2D eigenvalue weighted by molar-refractivity contribution is 5.92. The third kappa shape index (κ3) is 5.33.